The normalized spacial score (nSPS) is 15.7. The van der Waals surface area contributed by atoms with Crippen molar-refractivity contribution in [2.45, 2.75) is 19.0 Å². The SMILES string of the molecule is COc1ccc(OC)c(-c2cc(C(=O)NCC3CCN(CC(F)(F)F)CC3)n(C)n2)c1. The van der Waals surface area contributed by atoms with E-state index in [-0.39, 0.29) is 11.8 Å². The number of piperidine rings is 1. The number of aryl methyl sites for hydroxylation is 1. The Morgan fingerprint density at radius 2 is 1.90 bits per heavy atom. The quantitative estimate of drug-likeness (QED) is 0.717. The summed E-state index contributed by atoms with van der Waals surface area (Å²) >= 11 is 0. The Labute approximate surface area is 179 Å². The molecule has 1 aliphatic rings. The summed E-state index contributed by atoms with van der Waals surface area (Å²) in [5.41, 5.74) is 1.66. The van der Waals surface area contributed by atoms with Crippen molar-refractivity contribution in [1.82, 2.24) is 20.0 Å². The van der Waals surface area contributed by atoms with Gasteiger partial charge in [0.05, 0.1) is 26.5 Å². The van der Waals surface area contributed by atoms with Crippen LogP contribution in [-0.4, -0.2) is 67.2 Å². The first-order valence-corrected chi connectivity index (χ1v) is 10.0. The van der Waals surface area contributed by atoms with Crippen molar-refractivity contribution in [2.75, 3.05) is 40.4 Å². The van der Waals surface area contributed by atoms with Crippen LogP contribution in [0.5, 0.6) is 11.5 Å². The van der Waals surface area contributed by atoms with Crippen molar-refractivity contribution in [3.8, 4) is 22.8 Å². The van der Waals surface area contributed by atoms with E-state index in [1.54, 1.807) is 45.5 Å². The van der Waals surface area contributed by atoms with Crippen LogP contribution < -0.4 is 14.8 Å². The molecule has 0 spiro atoms. The summed E-state index contributed by atoms with van der Waals surface area (Å²) in [6.45, 7) is 0.302. The number of amides is 1. The van der Waals surface area contributed by atoms with Crippen molar-refractivity contribution < 1.29 is 27.4 Å². The minimum absolute atomic E-state index is 0.152. The van der Waals surface area contributed by atoms with Gasteiger partial charge < -0.3 is 14.8 Å². The lowest BCUT2D eigenvalue weighted by Gasteiger charge is -2.32. The molecule has 0 aliphatic carbocycles. The molecule has 1 aromatic carbocycles. The number of alkyl halides is 3. The van der Waals surface area contributed by atoms with Crippen LogP contribution in [0.2, 0.25) is 0 Å². The number of likely N-dealkylation sites (tertiary alicyclic amines) is 1. The van der Waals surface area contributed by atoms with E-state index in [0.29, 0.717) is 60.9 Å². The molecule has 0 unspecified atom stereocenters. The third kappa shape index (κ3) is 5.90. The smallest absolute Gasteiger partial charge is 0.401 e. The van der Waals surface area contributed by atoms with Crippen molar-refractivity contribution >= 4 is 5.91 Å². The molecule has 0 atom stereocenters. The topological polar surface area (TPSA) is 68.6 Å². The van der Waals surface area contributed by atoms with Crippen LogP contribution in [0.3, 0.4) is 0 Å². The first kappa shape index (κ1) is 22.9. The molecule has 1 N–H and O–H groups in total. The van der Waals surface area contributed by atoms with E-state index in [4.69, 9.17) is 9.47 Å². The molecule has 170 valence electrons. The van der Waals surface area contributed by atoms with Crippen molar-refractivity contribution in [3.05, 3.63) is 30.0 Å². The summed E-state index contributed by atoms with van der Waals surface area (Å²) in [6, 6.07) is 7.02. The van der Waals surface area contributed by atoms with E-state index in [0.717, 1.165) is 0 Å². The van der Waals surface area contributed by atoms with Gasteiger partial charge in [0.1, 0.15) is 17.2 Å². The van der Waals surface area contributed by atoms with Gasteiger partial charge in [-0.3, -0.25) is 14.4 Å². The molecule has 7 nitrogen and oxygen atoms in total. The van der Waals surface area contributed by atoms with E-state index in [9.17, 15) is 18.0 Å². The second-order valence-corrected chi connectivity index (χ2v) is 7.65. The predicted octanol–water partition coefficient (Wildman–Crippen LogP) is 3.11. The number of hydrogen-bond acceptors (Lipinski definition) is 5. The zero-order valence-corrected chi connectivity index (χ0v) is 17.8. The zero-order valence-electron chi connectivity index (χ0n) is 17.8. The monoisotopic (exact) mass is 440 g/mol. The number of nitrogens with one attached hydrogen (secondary N) is 1. The van der Waals surface area contributed by atoms with Gasteiger partial charge in [-0.1, -0.05) is 0 Å². The number of aromatic nitrogens is 2. The highest BCUT2D eigenvalue weighted by molar-refractivity contribution is 5.94. The van der Waals surface area contributed by atoms with Gasteiger partial charge >= 0.3 is 6.18 Å². The van der Waals surface area contributed by atoms with Crippen molar-refractivity contribution in [2.24, 2.45) is 13.0 Å². The fraction of sp³-hybridized carbons (Fsp3) is 0.524. The number of halogens is 3. The van der Waals surface area contributed by atoms with Crippen LogP contribution in [-0.2, 0) is 7.05 Å². The lowest BCUT2D eigenvalue weighted by molar-refractivity contribution is -0.148. The van der Waals surface area contributed by atoms with Gasteiger partial charge in [0.15, 0.2) is 0 Å². The standard InChI is InChI=1S/C21H27F3N4O3/c1-27-18(11-17(26-27)16-10-15(30-2)4-5-19(16)31-3)20(29)25-12-14-6-8-28(9-7-14)13-21(22,23)24/h4-5,10-11,14H,6-9,12-13H2,1-3H3,(H,25,29). The highest BCUT2D eigenvalue weighted by Crippen LogP contribution is 2.33. The number of ether oxygens (including phenoxy) is 2. The largest absolute Gasteiger partial charge is 0.497 e. The number of methoxy groups -OCH3 is 2. The van der Waals surface area contributed by atoms with Crippen LogP contribution in [0, 0.1) is 5.92 Å². The molecular weight excluding hydrogens is 413 g/mol. The Bertz CT molecular complexity index is 906. The van der Waals surface area contributed by atoms with Gasteiger partial charge in [-0.05, 0) is 56.1 Å². The van der Waals surface area contributed by atoms with Gasteiger partial charge in [0.25, 0.3) is 5.91 Å². The number of carbonyl (C=O) groups excluding carboxylic acids is 1. The van der Waals surface area contributed by atoms with E-state index >= 15 is 0 Å². The highest BCUT2D eigenvalue weighted by Gasteiger charge is 2.32. The van der Waals surface area contributed by atoms with E-state index in [1.165, 1.54) is 9.58 Å². The molecule has 1 amide bonds. The number of rotatable bonds is 7. The van der Waals surface area contributed by atoms with E-state index in [2.05, 4.69) is 10.4 Å². The maximum atomic E-state index is 12.7. The third-order valence-electron chi connectivity index (χ3n) is 5.46. The lowest BCUT2D eigenvalue weighted by Crippen LogP contribution is -2.42. The molecule has 1 aromatic heterocycles. The number of nitrogens with zero attached hydrogens (tertiary/aromatic N) is 3. The molecule has 0 bridgehead atoms. The van der Waals surface area contributed by atoms with Crippen molar-refractivity contribution in [1.29, 1.82) is 0 Å². The van der Waals surface area contributed by atoms with Gasteiger partial charge in [0.2, 0.25) is 0 Å². The van der Waals surface area contributed by atoms with Gasteiger partial charge in [0, 0.05) is 19.2 Å². The van der Waals surface area contributed by atoms with Gasteiger partial charge in [-0.25, -0.2) is 0 Å². The summed E-state index contributed by atoms with van der Waals surface area (Å²) in [5, 5.41) is 7.32. The highest BCUT2D eigenvalue weighted by atomic mass is 19.4. The Hall–Kier alpha value is -2.75. The second kappa shape index (κ2) is 9.59. The molecule has 3 rings (SSSR count). The Balaban J connectivity index is 1.61. The Kier molecular flexibility index (Phi) is 7.09. The summed E-state index contributed by atoms with van der Waals surface area (Å²) < 4.78 is 49.7. The van der Waals surface area contributed by atoms with Crippen LogP contribution in [0.4, 0.5) is 13.2 Å². The Morgan fingerprint density at radius 3 is 2.52 bits per heavy atom. The molecule has 2 aromatic rings. The van der Waals surface area contributed by atoms with E-state index < -0.39 is 12.7 Å². The first-order valence-electron chi connectivity index (χ1n) is 10.0. The fourth-order valence-electron chi connectivity index (χ4n) is 3.76. The van der Waals surface area contributed by atoms with Gasteiger partial charge in [-0.2, -0.15) is 18.3 Å². The summed E-state index contributed by atoms with van der Waals surface area (Å²) in [7, 11) is 4.80. The van der Waals surface area contributed by atoms with Gasteiger partial charge in [-0.15, -0.1) is 0 Å². The average Bonchev–Trinajstić information content (AvgIpc) is 3.13. The maximum Gasteiger partial charge on any atom is 0.401 e. The fourth-order valence-corrected chi connectivity index (χ4v) is 3.76. The third-order valence-corrected chi connectivity index (χ3v) is 5.46. The van der Waals surface area contributed by atoms with Crippen molar-refractivity contribution in [3.63, 3.8) is 0 Å². The average molecular weight is 440 g/mol. The number of carbonyl (C=O) groups is 1. The molecule has 1 aliphatic heterocycles. The lowest BCUT2D eigenvalue weighted by atomic mass is 9.96. The van der Waals surface area contributed by atoms with Crippen LogP contribution >= 0.6 is 0 Å². The minimum atomic E-state index is -4.18. The predicted molar refractivity (Wildman–Crippen MR) is 109 cm³/mol. The molecule has 0 saturated carbocycles. The van der Waals surface area contributed by atoms with Crippen LogP contribution in [0.25, 0.3) is 11.3 Å². The summed E-state index contributed by atoms with van der Waals surface area (Å²) in [5.74, 6) is 1.13. The molecule has 31 heavy (non-hydrogen) atoms. The minimum Gasteiger partial charge on any atom is -0.497 e. The molecule has 0 radical (unpaired) electrons. The number of hydrogen-bond donors (Lipinski definition) is 1. The second-order valence-electron chi connectivity index (χ2n) is 7.65. The van der Waals surface area contributed by atoms with Crippen LogP contribution in [0.1, 0.15) is 23.3 Å². The Morgan fingerprint density at radius 1 is 1.19 bits per heavy atom. The van der Waals surface area contributed by atoms with Crippen LogP contribution in [0.15, 0.2) is 24.3 Å². The molecule has 1 saturated heterocycles. The van der Waals surface area contributed by atoms with E-state index in [1.807, 2.05) is 0 Å². The zero-order chi connectivity index (χ0) is 22.6. The molecular formula is C21H27F3N4O3. The summed E-state index contributed by atoms with van der Waals surface area (Å²) in [6.07, 6.45) is -2.94. The number of benzene rings is 1. The first-order chi connectivity index (χ1) is 14.7. The molecule has 2 heterocycles. The molecule has 10 heteroatoms. The molecule has 1 fully saturated rings. The maximum absolute atomic E-state index is 12.7. The summed E-state index contributed by atoms with van der Waals surface area (Å²) in [4.78, 5) is 14.1.